The molecule has 0 amide bonds. The Morgan fingerprint density at radius 2 is 1.90 bits per heavy atom. The van der Waals surface area contributed by atoms with Crippen LogP contribution in [0.2, 0.25) is 0 Å². The highest BCUT2D eigenvalue weighted by molar-refractivity contribution is 5.22. The highest BCUT2D eigenvalue weighted by Crippen LogP contribution is 2.47. The van der Waals surface area contributed by atoms with Gasteiger partial charge in [0.05, 0.1) is 5.60 Å². The van der Waals surface area contributed by atoms with Crippen LogP contribution in [0.15, 0.2) is 18.5 Å². The fraction of sp³-hybridized carbons (Fsp3) is 0.706. The summed E-state index contributed by atoms with van der Waals surface area (Å²) in [6, 6.07) is 2.01. The summed E-state index contributed by atoms with van der Waals surface area (Å²) in [5, 5.41) is 10.9. The van der Waals surface area contributed by atoms with Crippen molar-refractivity contribution in [3.05, 3.63) is 29.6 Å². The van der Waals surface area contributed by atoms with Crippen LogP contribution in [-0.2, 0) is 4.74 Å². The smallest absolute Gasteiger partial charge is 0.109 e. The van der Waals surface area contributed by atoms with Gasteiger partial charge >= 0.3 is 0 Å². The largest absolute Gasteiger partial charge is 0.385 e. The number of rotatable bonds is 4. The van der Waals surface area contributed by atoms with Crippen molar-refractivity contribution in [1.29, 1.82) is 0 Å². The van der Waals surface area contributed by atoms with Crippen molar-refractivity contribution in [3.8, 4) is 0 Å². The monoisotopic (exact) mass is 277 g/mol. The maximum absolute atomic E-state index is 10.9. The summed E-state index contributed by atoms with van der Waals surface area (Å²) in [5.41, 5.74) is 1.85. The highest BCUT2D eigenvalue weighted by Gasteiger charge is 2.44. The summed E-state index contributed by atoms with van der Waals surface area (Å²) in [7, 11) is 0. The number of aryl methyl sites for hydroxylation is 1. The van der Waals surface area contributed by atoms with E-state index in [1.54, 1.807) is 6.20 Å². The summed E-state index contributed by atoms with van der Waals surface area (Å²) in [4.78, 5) is 4.20. The Bertz CT molecular complexity index is 446. The molecule has 0 saturated heterocycles. The number of nitrogens with zero attached hydrogens (tertiary/aromatic N) is 1. The van der Waals surface area contributed by atoms with Gasteiger partial charge in [-0.1, -0.05) is 19.9 Å². The lowest BCUT2D eigenvalue weighted by atomic mass is 9.68. The first-order chi connectivity index (χ1) is 9.38. The van der Waals surface area contributed by atoms with Crippen LogP contribution in [0.3, 0.4) is 0 Å². The topological polar surface area (TPSA) is 42.4 Å². The molecule has 0 radical (unpaired) electrons. The zero-order valence-corrected chi connectivity index (χ0v) is 13.1. The van der Waals surface area contributed by atoms with Gasteiger partial charge in [-0.05, 0) is 50.5 Å². The summed E-state index contributed by atoms with van der Waals surface area (Å²) in [6.07, 6.45) is 6.97. The molecule has 1 atom stereocenters. The third-order valence-electron chi connectivity index (χ3n) is 4.59. The second-order valence-electron chi connectivity index (χ2n) is 6.86. The fourth-order valence-electron chi connectivity index (χ4n) is 3.17. The van der Waals surface area contributed by atoms with Crippen molar-refractivity contribution in [3.63, 3.8) is 0 Å². The molecule has 0 aliphatic heterocycles. The normalized spacial score (nSPS) is 22.4. The number of aliphatic hydroxyl groups excluding tert-OH is 1. The van der Waals surface area contributed by atoms with Crippen molar-refractivity contribution in [1.82, 2.24) is 4.98 Å². The first-order valence-corrected chi connectivity index (χ1v) is 7.62. The van der Waals surface area contributed by atoms with Crippen LogP contribution in [0.4, 0.5) is 0 Å². The molecule has 1 aliphatic rings. The van der Waals surface area contributed by atoms with Crippen LogP contribution < -0.4 is 0 Å². The first-order valence-electron chi connectivity index (χ1n) is 7.62. The van der Waals surface area contributed by atoms with Crippen LogP contribution >= 0.6 is 0 Å². The average molecular weight is 277 g/mol. The molecule has 0 bridgehead atoms. The molecule has 3 nitrogen and oxygen atoms in total. The highest BCUT2D eigenvalue weighted by atomic mass is 16.5. The van der Waals surface area contributed by atoms with Crippen molar-refractivity contribution in [2.45, 2.75) is 65.1 Å². The minimum absolute atomic E-state index is 0.352. The van der Waals surface area contributed by atoms with Crippen molar-refractivity contribution < 1.29 is 9.84 Å². The molecule has 1 aromatic rings. The number of hydrogen-bond donors (Lipinski definition) is 1. The number of pyridine rings is 1. The van der Waals surface area contributed by atoms with E-state index in [4.69, 9.17) is 4.74 Å². The molecule has 0 aromatic carbocycles. The van der Waals surface area contributed by atoms with E-state index in [9.17, 15) is 5.11 Å². The molecule has 1 saturated carbocycles. The van der Waals surface area contributed by atoms with Gasteiger partial charge in [-0.3, -0.25) is 4.98 Å². The molecule has 1 aliphatic carbocycles. The van der Waals surface area contributed by atoms with Crippen LogP contribution in [0.1, 0.15) is 63.7 Å². The molecule has 112 valence electrons. The van der Waals surface area contributed by atoms with Crippen LogP contribution in [0, 0.1) is 12.3 Å². The van der Waals surface area contributed by atoms with Crippen molar-refractivity contribution in [2.24, 2.45) is 5.41 Å². The van der Waals surface area contributed by atoms with Crippen LogP contribution in [-0.4, -0.2) is 22.3 Å². The Hall–Kier alpha value is -0.930. The Morgan fingerprint density at radius 1 is 1.25 bits per heavy atom. The van der Waals surface area contributed by atoms with Crippen LogP contribution in [0.5, 0.6) is 0 Å². The van der Waals surface area contributed by atoms with Crippen LogP contribution in [0.25, 0.3) is 0 Å². The van der Waals surface area contributed by atoms with Gasteiger partial charge in [0.2, 0.25) is 0 Å². The fourth-order valence-corrected chi connectivity index (χ4v) is 3.17. The van der Waals surface area contributed by atoms with E-state index >= 15 is 0 Å². The predicted octanol–water partition coefficient (Wildman–Crippen LogP) is 3.80. The van der Waals surface area contributed by atoms with E-state index in [0.29, 0.717) is 12.0 Å². The van der Waals surface area contributed by atoms with Gasteiger partial charge in [0.15, 0.2) is 0 Å². The van der Waals surface area contributed by atoms with Gasteiger partial charge in [0, 0.05) is 24.6 Å². The molecule has 20 heavy (non-hydrogen) atoms. The second kappa shape index (κ2) is 5.82. The number of hydrogen-bond acceptors (Lipinski definition) is 3. The first kappa shape index (κ1) is 15.5. The molecule has 1 unspecified atom stereocenters. The zero-order chi connectivity index (χ0) is 14.8. The minimum atomic E-state index is -0.592. The van der Waals surface area contributed by atoms with Crippen molar-refractivity contribution in [2.75, 3.05) is 6.61 Å². The molecule has 1 fully saturated rings. The van der Waals surface area contributed by atoms with E-state index < -0.39 is 11.7 Å². The number of aliphatic hydroxyl groups is 1. The zero-order valence-electron chi connectivity index (χ0n) is 13.1. The lowest BCUT2D eigenvalue weighted by molar-refractivity contribution is -0.153. The SMILES string of the molecule is CCOC1(C(O)c2cncc(C)c2)CCC(C)(C)CC1. The predicted molar refractivity (Wildman–Crippen MR) is 80.5 cm³/mol. The van der Waals surface area contributed by atoms with Gasteiger partial charge in [0.25, 0.3) is 0 Å². The Morgan fingerprint density at radius 3 is 2.45 bits per heavy atom. The van der Waals surface area contributed by atoms with Gasteiger partial charge < -0.3 is 9.84 Å². The average Bonchev–Trinajstić information content (AvgIpc) is 2.41. The van der Waals surface area contributed by atoms with Gasteiger partial charge in [0.1, 0.15) is 6.10 Å². The number of ether oxygens (including phenoxy) is 1. The quantitative estimate of drug-likeness (QED) is 0.910. The third-order valence-corrected chi connectivity index (χ3v) is 4.59. The van der Waals surface area contributed by atoms with E-state index in [1.807, 2.05) is 26.1 Å². The maximum atomic E-state index is 10.9. The Kier molecular flexibility index (Phi) is 4.50. The van der Waals surface area contributed by atoms with Gasteiger partial charge in [-0.2, -0.15) is 0 Å². The van der Waals surface area contributed by atoms with E-state index in [2.05, 4.69) is 18.8 Å². The summed E-state index contributed by atoms with van der Waals surface area (Å²) < 4.78 is 6.04. The van der Waals surface area contributed by atoms with Crippen molar-refractivity contribution >= 4 is 0 Å². The standard InChI is InChI=1S/C17H27NO2/c1-5-20-17(8-6-16(3,4)7-9-17)15(19)14-10-13(2)11-18-12-14/h10-12,15,19H,5-9H2,1-4H3. The summed E-state index contributed by atoms with van der Waals surface area (Å²) in [6.45, 7) is 9.23. The van der Waals surface area contributed by atoms with E-state index in [-0.39, 0.29) is 0 Å². The lowest BCUT2D eigenvalue weighted by Crippen LogP contribution is -2.44. The molecule has 1 aromatic heterocycles. The third kappa shape index (κ3) is 3.21. The Labute approximate surface area is 122 Å². The summed E-state index contributed by atoms with van der Waals surface area (Å²) in [5.74, 6) is 0. The Balaban J connectivity index is 2.24. The van der Waals surface area contributed by atoms with Gasteiger partial charge in [-0.25, -0.2) is 0 Å². The molecular weight excluding hydrogens is 250 g/mol. The molecule has 2 rings (SSSR count). The summed E-state index contributed by atoms with van der Waals surface area (Å²) >= 11 is 0. The molecular formula is C17H27NO2. The lowest BCUT2D eigenvalue weighted by Gasteiger charge is -2.45. The molecule has 3 heteroatoms. The van der Waals surface area contributed by atoms with E-state index in [0.717, 1.165) is 36.8 Å². The van der Waals surface area contributed by atoms with Gasteiger partial charge in [-0.15, -0.1) is 0 Å². The van der Waals surface area contributed by atoms with E-state index in [1.165, 1.54) is 0 Å². The minimum Gasteiger partial charge on any atom is -0.385 e. The second-order valence-corrected chi connectivity index (χ2v) is 6.86. The molecule has 0 spiro atoms. The molecule has 1 N–H and O–H groups in total. The molecule has 1 heterocycles. The number of aromatic nitrogens is 1. The maximum Gasteiger partial charge on any atom is 0.109 e.